The van der Waals surface area contributed by atoms with Gasteiger partial charge in [-0.2, -0.15) is 0 Å². The number of hydrogen-bond acceptors (Lipinski definition) is 4. The molecule has 98 valence electrons. The van der Waals surface area contributed by atoms with Gasteiger partial charge in [-0.05, 0) is 18.1 Å². The topological polar surface area (TPSA) is 56.8 Å². The van der Waals surface area contributed by atoms with E-state index in [1.54, 1.807) is 7.11 Å². The molecular formula is C13H17NO4. The van der Waals surface area contributed by atoms with Crippen LogP contribution in [0, 0.1) is 5.92 Å². The highest BCUT2D eigenvalue weighted by Gasteiger charge is 2.22. The fourth-order valence-corrected chi connectivity index (χ4v) is 2.05. The largest absolute Gasteiger partial charge is 0.493 e. The van der Waals surface area contributed by atoms with Crippen LogP contribution < -0.4 is 14.8 Å². The number of amides is 1. The second kappa shape index (κ2) is 5.62. The van der Waals surface area contributed by atoms with Crippen molar-refractivity contribution in [3.63, 3.8) is 0 Å². The second-order valence-electron chi connectivity index (χ2n) is 4.20. The molecular weight excluding hydrogens is 234 g/mol. The molecule has 1 N–H and O–H groups in total. The van der Waals surface area contributed by atoms with Crippen LogP contribution >= 0.6 is 0 Å². The number of ether oxygens (including phenoxy) is 3. The predicted molar refractivity (Wildman–Crippen MR) is 66.1 cm³/mol. The van der Waals surface area contributed by atoms with Gasteiger partial charge in [-0.3, -0.25) is 0 Å². The van der Waals surface area contributed by atoms with E-state index in [4.69, 9.17) is 9.47 Å². The number of carbonyl (C=O) groups excluding carboxylic acids is 1. The summed E-state index contributed by atoms with van der Waals surface area (Å²) in [6.07, 6.45) is 0.447. The maximum atomic E-state index is 11.0. The van der Waals surface area contributed by atoms with Crippen LogP contribution in [0.15, 0.2) is 18.2 Å². The Morgan fingerprint density at radius 1 is 1.50 bits per heavy atom. The standard InChI is InChI=1S/C13H17NO4/c1-16-11-5-3-4-10-6-9(8-18-12(10)11)7-14-13(15)17-2/h3-5,9H,6-8H2,1-2H3,(H,14,15)/t9-/m0/s1. The first-order valence-electron chi connectivity index (χ1n) is 5.85. The molecule has 0 spiro atoms. The number of carbonyl (C=O) groups is 1. The first-order valence-corrected chi connectivity index (χ1v) is 5.85. The summed E-state index contributed by atoms with van der Waals surface area (Å²) in [5.74, 6) is 1.82. The summed E-state index contributed by atoms with van der Waals surface area (Å²) in [6, 6.07) is 5.84. The number of nitrogens with one attached hydrogen (secondary N) is 1. The lowest BCUT2D eigenvalue weighted by Crippen LogP contribution is -2.34. The minimum Gasteiger partial charge on any atom is -0.493 e. The van der Waals surface area contributed by atoms with Gasteiger partial charge in [-0.1, -0.05) is 12.1 Å². The van der Waals surface area contributed by atoms with Gasteiger partial charge in [0.1, 0.15) is 0 Å². The van der Waals surface area contributed by atoms with E-state index in [2.05, 4.69) is 10.1 Å². The molecule has 2 rings (SSSR count). The van der Waals surface area contributed by atoms with Crippen LogP contribution in [-0.2, 0) is 11.2 Å². The highest BCUT2D eigenvalue weighted by Crippen LogP contribution is 2.35. The van der Waals surface area contributed by atoms with Crippen LogP contribution in [0.4, 0.5) is 4.79 Å². The summed E-state index contributed by atoms with van der Waals surface area (Å²) >= 11 is 0. The molecule has 1 atom stereocenters. The normalized spacial score (nSPS) is 17.3. The van der Waals surface area contributed by atoms with E-state index in [0.717, 1.165) is 23.5 Å². The van der Waals surface area contributed by atoms with Crippen LogP contribution in [0.5, 0.6) is 11.5 Å². The summed E-state index contributed by atoms with van der Waals surface area (Å²) in [5, 5.41) is 2.69. The number of fused-ring (bicyclic) bond motifs is 1. The number of alkyl carbamates (subject to hydrolysis) is 1. The lowest BCUT2D eigenvalue weighted by atomic mass is 9.96. The summed E-state index contributed by atoms with van der Waals surface area (Å²) in [6.45, 7) is 1.11. The average Bonchev–Trinajstić information content (AvgIpc) is 2.43. The van der Waals surface area contributed by atoms with Crippen molar-refractivity contribution in [2.75, 3.05) is 27.4 Å². The van der Waals surface area contributed by atoms with E-state index in [9.17, 15) is 4.79 Å². The molecule has 1 aliphatic rings. The number of para-hydroxylation sites is 1. The fourth-order valence-electron chi connectivity index (χ4n) is 2.05. The Labute approximate surface area is 106 Å². The Hall–Kier alpha value is -1.91. The Balaban J connectivity index is 2.00. The van der Waals surface area contributed by atoms with Crippen LogP contribution in [0.3, 0.4) is 0 Å². The molecule has 1 amide bonds. The van der Waals surface area contributed by atoms with Crippen molar-refractivity contribution >= 4 is 6.09 Å². The van der Waals surface area contributed by atoms with Crippen LogP contribution in [-0.4, -0.2) is 33.5 Å². The van der Waals surface area contributed by atoms with Crippen molar-refractivity contribution < 1.29 is 19.0 Å². The molecule has 0 unspecified atom stereocenters. The van der Waals surface area contributed by atoms with Crippen molar-refractivity contribution in [2.45, 2.75) is 6.42 Å². The van der Waals surface area contributed by atoms with E-state index in [1.807, 2.05) is 18.2 Å². The van der Waals surface area contributed by atoms with Gasteiger partial charge in [0, 0.05) is 12.5 Å². The average molecular weight is 251 g/mol. The van der Waals surface area contributed by atoms with Gasteiger partial charge in [0.25, 0.3) is 0 Å². The molecule has 0 saturated carbocycles. The number of methoxy groups -OCH3 is 2. The minimum atomic E-state index is -0.411. The Kier molecular flexibility index (Phi) is 3.92. The van der Waals surface area contributed by atoms with Gasteiger partial charge in [0.05, 0.1) is 20.8 Å². The molecule has 1 aliphatic heterocycles. The zero-order valence-corrected chi connectivity index (χ0v) is 10.6. The molecule has 0 aliphatic carbocycles. The molecule has 0 aromatic heterocycles. The minimum absolute atomic E-state index is 0.253. The highest BCUT2D eigenvalue weighted by atomic mass is 16.5. The summed E-state index contributed by atoms with van der Waals surface area (Å²) < 4.78 is 15.5. The van der Waals surface area contributed by atoms with Gasteiger partial charge in [0.15, 0.2) is 11.5 Å². The monoisotopic (exact) mass is 251 g/mol. The molecule has 1 aromatic rings. The molecule has 0 saturated heterocycles. The third kappa shape index (κ3) is 2.67. The molecule has 5 nitrogen and oxygen atoms in total. The maximum absolute atomic E-state index is 11.0. The van der Waals surface area contributed by atoms with Crippen LogP contribution in [0.2, 0.25) is 0 Å². The third-order valence-corrected chi connectivity index (χ3v) is 2.97. The number of rotatable bonds is 3. The maximum Gasteiger partial charge on any atom is 0.406 e. The zero-order chi connectivity index (χ0) is 13.0. The van der Waals surface area contributed by atoms with Gasteiger partial charge < -0.3 is 19.5 Å². The molecule has 1 heterocycles. The number of benzene rings is 1. The molecule has 0 fully saturated rings. The molecule has 18 heavy (non-hydrogen) atoms. The smallest absolute Gasteiger partial charge is 0.406 e. The van der Waals surface area contributed by atoms with E-state index < -0.39 is 6.09 Å². The summed E-state index contributed by atoms with van der Waals surface area (Å²) in [7, 11) is 2.98. The summed E-state index contributed by atoms with van der Waals surface area (Å²) in [5.41, 5.74) is 1.11. The molecule has 5 heteroatoms. The summed E-state index contributed by atoms with van der Waals surface area (Å²) in [4.78, 5) is 11.0. The Morgan fingerprint density at radius 2 is 2.33 bits per heavy atom. The fraction of sp³-hybridized carbons (Fsp3) is 0.462. The third-order valence-electron chi connectivity index (χ3n) is 2.97. The van der Waals surface area contributed by atoms with E-state index in [0.29, 0.717) is 13.2 Å². The quantitative estimate of drug-likeness (QED) is 0.886. The van der Waals surface area contributed by atoms with Gasteiger partial charge in [-0.25, -0.2) is 4.79 Å². The first kappa shape index (κ1) is 12.5. The van der Waals surface area contributed by atoms with Crippen LogP contribution in [0.1, 0.15) is 5.56 Å². The zero-order valence-electron chi connectivity index (χ0n) is 10.6. The van der Waals surface area contributed by atoms with Crippen molar-refractivity contribution in [2.24, 2.45) is 5.92 Å². The highest BCUT2D eigenvalue weighted by molar-refractivity contribution is 5.66. The lowest BCUT2D eigenvalue weighted by Gasteiger charge is -2.26. The van der Waals surface area contributed by atoms with Gasteiger partial charge in [-0.15, -0.1) is 0 Å². The molecule has 0 radical (unpaired) electrons. The Morgan fingerprint density at radius 3 is 3.06 bits per heavy atom. The molecule has 0 bridgehead atoms. The van der Waals surface area contributed by atoms with Crippen molar-refractivity contribution in [3.05, 3.63) is 23.8 Å². The van der Waals surface area contributed by atoms with Gasteiger partial charge in [0.2, 0.25) is 0 Å². The Bertz CT molecular complexity index is 433. The lowest BCUT2D eigenvalue weighted by molar-refractivity contribution is 0.162. The van der Waals surface area contributed by atoms with Crippen molar-refractivity contribution in [1.82, 2.24) is 5.32 Å². The number of hydrogen-bond donors (Lipinski definition) is 1. The molecule has 1 aromatic carbocycles. The van der Waals surface area contributed by atoms with E-state index >= 15 is 0 Å². The SMILES string of the molecule is COC(=O)NC[C@H]1COc2c(cccc2OC)C1. The second-order valence-corrected chi connectivity index (χ2v) is 4.20. The van der Waals surface area contributed by atoms with Crippen molar-refractivity contribution in [3.8, 4) is 11.5 Å². The van der Waals surface area contributed by atoms with Gasteiger partial charge >= 0.3 is 6.09 Å². The van der Waals surface area contributed by atoms with Crippen molar-refractivity contribution in [1.29, 1.82) is 0 Å². The van der Waals surface area contributed by atoms with E-state index in [1.165, 1.54) is 7.11 Å². The predicted octanol–water partition coefficient (Wildman–Crippen LogP) is 1.60. The van der Waals surface area contributed by atoms with Crippen LogP contribution in [0.25, 0.3) is 0 Å². The first-order chi connectivity index (χ1) is 8.74. The van der Waals surface area contributed by atoms with E-state index in [-0.39, 0.29) is 5.92 Å².